The average Bonchev–Trinajstić information content (AvgIpc) is 2.30. The van der Waals surface area contributed by atoms with Crippen molar-refractivity contribution in [3.63, 3.8) is 0 Å². The van der Waals surface area contributed by atoms with Gasteiger partial charge in [-0.1, -0.05) is 37.1 Å². The van der Waals surface area contributed by atoms with Crippen molar-refractivity contribution >= 4 is 76.4 Å². The van der Waals surface area contributed by atoms with Gasteiger partial charge >= 0.3 is 48.6 Å². The molecule has 2 saturated heterocycles. The number of aliphatic carboxylic acids is 4. The fourth-order valence-corrected chi connectivity index (χ4v) is 7.78. The van der Waals surface area contributed by atoms with Crippen LogP contribution in [0.15, 0.2) is 53.5 Å². The highest BCUT2D eigenvalue weighted by Crippen LogP contribution is 2.38. The van der Waals surface area contributed by atoms with Crippen molar-refractivity contribution < 1.29 is 116 Å². The van der Waals surface area contributed by atoms with E-state index in [1.54, 1.807) is 17.9 Å². The number of anilines is 3. The average molecular weight is 1240 g/mol. The standard InChI is InChI=1S/C41H61N11O5.4C2HF3O2/c1-29(38(55)48-34(40(57)46-30(2)53)13-9-18-45-41(42)43)44-19-23-50-26-24-49(25-27-50)20-8-7-10-31-16-21-51(22-17-31)28-37(54)52-35-14-5-3-11-32(35)39(56)47-33-12-4-6-15-36(33)52;4*3-2(4,5)1(6)7/h3-6,11-12,14-15,29,31,34,44H,7-10,13,16-28H2,1-2H3,(H,47,56)(H,48,55)(H4,42,43,45)(H,46,53,57);4*(H,6,7)/t29-,34-;;;;/m0..../s1. The van der Waals surface area contributed by atoms with Crippen molar-refractivity contribution in [3.8, 4) is 0 Å². The number of carbonyl (C=O) groups is 9. The number of fused-ring (bicyclic) bond motifs is 2. The first kappa shape index (κ1) is 75.2. The third-order valence-electron chi connectivity index (χ3n) is 12.0. The lowest BCUT2D eigenvalue weighted by atomic mass is 9.91. The van der Waals surface area contributed by atoms with Crippen LogP contribution in [0.1, 0.15) is 69.2 Å². The molecule has 0 aromatic heterocycles. The highest BCUT2D eigenvalue weighted by Gasteiger charge is 2.40. The van der Waals surface area contributed by atoms with E-state index >= 15 is 0 Å². The van der Waals surface area contributed by atoms with E-state index in [2.05, 4.69) is 41.0 Å². The summed E-state index contributed by atoms with van der Waals surface area (Å²) in [6.07, 6.45) is -13.8. The molecule has 5 amide bonds. The van der Waals surface area contributed by atoms with Crippen LogP contribution in [-0.2, 0) is 38.4 Å². The van der Waals surface area contributed by atoms with Gasteiger partial charge in [0.15, 0.2) is 5.96 Å². The lowest BCUT2D eigenvalue weighted by Gasteiger charge is -2.35. The van der Waals surface area contributed by atoms with Gasteiger partial charge in [0.2, 0.25) is 23.6 Å². The molecular formula is C49H65F12N11O13. The number of carboxylic acid groups (broad SMARTS) is 4. The molecule has 3 aliphatic heterocycles. The Balaban J connectivity index is 0.00000106. The number of amides is 5. The number of carboxylic acids is 4. The normalized spacial score (nSPS) is 15.6. The number of benzene rings is 2. The first-order valence-electron chi connectivity index (χ1n) is 25.4. The van der Waals surface area contributed by atoms with E-state index < -0.39 is 72.5 Å². The zero-order chi connectivity index (χ0) is 65.0. The molecule has 2 aromatic carbocycles. The Hall–Kier alpha value is -7.86. The van der Waals surface area contributed by atoms with E-state index in [-0.39, 0.29) is 30.1 Å². The van der Waals surface area contributed by atoms with E-state index in [0.717, 1.165) is 65.2 Å². The molecule has 3 heterocycles. The molecule has 0 radical (unpaired) electrons. The number of halogens is 12. The number of hydrogen-bond acceptors (Lipinski definition) is 14. The van der Waals surface area contributed by atoms with Gasteiger partial charge in [-0.15, -0.1) is 0 Å². The molecular weight excluding hydrogens is 1180 g/mol. The number of nitrogens with zero attached hydrogens (tertiary/aromatic N) is 5. The zero-order valence-corrected chi connectivity index (χ0v) is 45.5. The highest BCUT2D eigenvalue weighted by molar-refractivity contribution is 6.18. The van der Waals surface area contributed by atoms with Gasteiger partial charge in [0, 0.05) is 52.7 Å². The van der Waals surface area contributed by atoms with Crippen molar-refractivity contribution in [2.24, 2.45) is 22.4 Å². The van der Waals surface area contributed by atoms with Crippen molar-refractivity contribution in [1.29, 1.82) is 0 Å². The summed E-state index contributed by atoms with van der Waals surface area (Å²) in [5, 5.41) is 39.7. The summed E-state index contributed by atoms with van der Waals surface area (Å²) in [7, 11) is 0. The van der Waals surface area contributed by atoms with Gasteiger partial charge in [0.05, 0.1) is 35.2 Å². The summed E-state index contributed by atoms with van der Waals surface area (Å²) in [5.74, 6) is -12.0. The number of aliphatic imine (C=N–C) groups is 1. The molecule has 12 N–H and O–H groups in total. The fraction of sp³-hybridized carbons (Fsp3) is 0.551. The molecule has 3 aliphatic rings. The Bertz CT molecular complexity index is 2480. The van der Waals surface area contributed by atoms with Crippen LogP contribution in [0.2, 0.25) is 0 Å². The molecule has 0 bridgehead atoms. The molecule has 24 nitrogen and oxygen atoms in total. The summed E-state index contributed by atoms with van der Waals surface area (Å²) in [5.41, 5.74) is 13.2. The maximum atomic E-state index is 13.8. The van der Waals surface area contributed by atoms with Crippen molar-refractivity contribution in [2.45, 2.75) is 95.6 Å². The number of hydrogen-bond donors (Lipinski definition) is 10. The topological polar surface area (TPSA) is 360 Å². The number of para-hydroxylation sites is 3. The quantitative estimate of drug-likeness (QED) is 0.0434. The first-order valence-corrected chi connectivity index (χ1v) is 25.4. The van der Waals surface area contributed by atoms with Crippen LogP contribution in [0.25, 0.3) is 0 Å². The Morgan fingerprint density at radius 2 is 1.11 bits per heavy atom. The van der Waals surface area contributed by atoms with Crippen LogP contribution in [0.3, 0.4) is 0 Å². The number of guanidine groups is 1. The smallest absolute Gasteiger partial charge is 0.475 e. The second-order valence-electron chi connectivity index (χ2n) is 18.6. The van der Waals surface area contributed by atoms with Gasteiger partial charge in [0.1, 0.15) is 6.04 Å². The van der Waals surface area contributed by atoms with E-state index in [9.17, 15) is 76.7 Å². The number of likely N-dealkylation sites (tertiary alicyclic amines) is 1. The van der Waals surface area contributed by atoms with Crippen LogP contribution in [-0.4, -0.2) is 203 Å². The minimum Gasteiger partial charge on any atom is -0.475 e. The lowest BCUT2D eigenvalue weighted by Crippen LogP contribution is -2.53. The van der Waals surface area contributed by atoms with Gasteiger partial charge < -0.3 is 52.7 Å². The van der Waals surface area contributed by atoms with Gasteiger partial charge in [-0.2, -0.15) is 52.7 Å². The van der Waals surface area contributed by atoms with Gasteiger partial charge in [-0.05, 0) is 88.8 Å². The lowest BCUT2D eigenvalue weighted by molar-refractivity contribution is -0.193. The number of nitrogens with one attached hydrogen (secondary N) is 4. The predicted octanol–water partition coefficient (Wildman–Crippen LogP) is 4.13. The second kappa shape index (κ2) is 35.4. The van der Waals surface area contributed by atoms with Gasteiger partial charge in [-0.3, -0.25) is 49.0 Å². The molecule has 0 unspecified atom stereocenters. The van der Waals surface area contributed by atoms with Crippen LogP contribution >= 0.6 is 0 Å². The molecule has 0 saturated carbocycles. The van der Waals surface area contributed by atoms with Crippen LogP contribution in [0.5, 0.6) is 0 Å². The van der Waals surface area contributed by atoms with E-state index in [1.165, 1.54) is 26.2 Å². The second-order valence-corrected chi connectivity index (χ2v) is 18.6. The summed E-state index contributed by atoms with van der Waals surface area (Å²) in [6.45, 7) is 12.0. The molecule has 478 valence electrons. The van der Waals surface area contributed by atoms with Gasteiger partial charge in [-0.25, -0.2) is 19.2 Å². The fourth-order valence-electron chi connectivity index (χ4n) is 7.78. The largest absolute Gasteiger partial charge is 0.490 e. The third kappa shape index (κ3) is 30.0. The van der Waals surface area contributed by atoms with Crippen molar-refractivity contribution in [1.82, 2.24) is 30.7 Å². The van der Waals surface area contributed by atoms with Gasteiger partial charge in [0.25, 0.3) is 5.91 Å². The third-order valence-corrected chi connectivity index (χ3v) is 12.0. The maximum Gasteiger partial charge on any atom is 0.490 e. The van der Waals surface area contributed by atoms with E-state index in [1.807, 2.05) is 42.5 Å². The Morgan fingerprint density at radius 3 is 1.58 bits per heavy atom. The summed E-state index contributed by atoms with van der Waals surface area (Å²) in [4.78, 5) is 112. The number of piperidine rings is 1. The monoisotopic (exact) mass is 1240 g/mol. The number of piperazine rings is 1. The van der Waals surface area contributed by atoms with E-state index in [0.29, 0.717) is 54.6 Å². The zero-order valence-electron chi connectivity index (χ0n) is 45.5. The number of rotatable bonds is 18. The SMILES string of the molecule is CC(=O)NC(=O)[C@H](CCCN=C(N)N)NC(=O)[C@H](C)NCCN1CCN(CCCCC2CCN(CC(=O)N3c4ccccc4NC(=O)c4ccccc43)CC2)CC1.O=C(O)C(F)(F)F.O=C(O)C(F)(F)F.O=C(O)C(F)(F)F.O=C(O)C(F)(F)F. The minimum absolute atomic E-state index is 0.0317. The molecule has 2 aromatic rings. The predicted molar refractivity (Wildman–Crippen MR) is 277 cm³/mol. The van der Waals surface area contributed by atoms with Crippen LogP contribution in [0.4, 0.5) is 69.7 Å². The Labute approximate surface area is 476 Å². The Kier molecular flexibility index (Phi) is 31.3. The number of nitrogens with two attached hydrogens (primary N) is 2. The minimum atomic E-state index is -5.08. The number of carbonyl (C=O) groups excluding carboxylic acids is 5. The van der Waals surface area contributed by atoms with Crippen molar-refractivity contribution in [2.75, 3.05) is 82.2 Å². The summed E-state index contributed by atoms with van der Waals surface area (Å²) >= 11 is 0. The number of alkyl halides is 12. The molecule has 0 aliphatic carbocycles. The molecule has 0 spiro atoms. The molecule has 5 rings (SSSR count). The van der Waals surface area contributed by atoms with Crippen LogP contribution < -0.4 is 37.6 Å². The molecule has 85 heavy (non-hydrogen) atoms. The maximum absolute atomic E-state index is 13.8. The van der Waals surface area contributed by atoms with E-state index in [4.69, 9.17) is 51.1 Å². The Morgan fingerprint density at radius 1 is 0.647 bits per heavy atom. The summed E-state index contributed by atoms with van der Waals surface area (Å²) < 4.78 is 127. The number of unbranched alkanes of at least 4 members (excludes halogenated alkanes) is 1. The molecule has 2 fully saturated rings. The highest BCUT2D eigenvalue weighted by atomic mass is 19.4. The van der Waals surface area contributed by atoms with Crippen LogP contribution in [0, 0.1) is 5.92 Å². The molecule has 2 atom stereocenters. The molecule has 36 heteroatoms. The number of imide groups is 1. The van der Waals surface area contributed by atoms with Crippen molar-refractivity contribution in [3.05, 3.63) is 54.1 Å². The first-order chi connectivity index (χ1) is 39.3. The summed E-state index contributed by atoms with van der Waals surface area (Å²) in [6, 6.07) is 13.4.